The van der Waals surface area contributed by atoms with Crippen LogP contribution in [0, 0.1) is 11.6 Å². The van der Waals surface area contributed by atoms with Crippen LogP contribution in [0.5, 0.6) is 0 Å². The second kappa shape index (κ2) is 6.08. The fraction of sp³-hybridized carbons (Fsp3) is 0.462. The summed E-state index contributed by atoms with van der Waals surface area (Å²) in [4.78, 5) is 13.9. The van der Waals surface area contributed by atoms with Crippen molar-refractivity contribution in [2.45, 2.75) is 13.0 Å². The van der Waals surface area contributed by atoms with Crippen LogP contribution in [0.1, 0.15) is 6.92 Å². The molecule has 1 aliphatic heterocycles. The molecule has 1 fully saturated rings. The lowest BCUT2D eigenvalue weighted by Gasteiger charge is -2.33. The first-order chi connectivity index (χ1) is 9.06. The molecule has 2 rings (SSSR count). The highest BCUT2D eigenvalue weighted by molar-refractivity contribution is 5.92. The molecule has 1 unspecified atom stereocenters. The van der Waals surface area contributed by atoms with Crippen LogP contribution < -0.4 is 10.6 Å². The van der Waals surface area contributed by atoms with Crippen molar-refractivity contribution >= 4 is 11.6 Å². The number of nitrogens with zero attached hydrogens (tertiary/aromatic N) is 1. The van der Waals surface area contributed by atoms with E-state index in [9.17, 15) is 13.6 Å². The van der Waals surface area contributed by atoms with Gasteiger partial charge in [0.05, 0.1) is 6.54 Å². The number of amides is 1. The summed E-state index contributed by atoms with van der Waals surface area (Å²) in [7, 11) is 0. The molecule has 0 aromatic heterocycles. The molecule has 1 heterocycles. The van der Waals surface area contributed by atoms with Crippen LogP contribution >= 0.6 is 0 Å². The molecule has 2 N–H and O–H groups in total. The Labute approximate surface area is 110 Å². The maximum absolute atomic E-state index is 13.0. The maximum atomic E-state index is 13.0. The third-order valence-electron chi connectivity index (χ3n) is 3.19. The summed E-state index contributed by atoms with van der Waals surface area (Å²) in [5, 5.41) is 5.81. The molecule has 0 saturated carbocycles. The number of nitrogens with one attached hydrogen (secondary N) is 2. The summed E-state index contributed by atoms with van der Waals surface area (Å²) in [5.41, 5.74) is 0.270. The van der Waals surface area contributed by atoms with E-state index in [4.69, 9.17) is 0 Å². The van der Waals surface area contributed by atoms with Crippen LogP contribution in [0.15, 0.2) is 18.2 Å². The first-order valence-electron chi connectivity index (χ1n) is 6.26. The van der Waals surface area contributed by atoms with E-state index in [0.29, 0.717) is 0 Å². The third-order valence-corrected chi connectivity index (χ3v) is 3.19. The molecule has 104 valence electrons. The zero-order chi connectivity index (χ0) is 13.8. The fourth-order valence-corrected chi connectivity index (χ4v) is 2.08. The predicted octanol–water partition coefficient (Wildman–Crippen LogP) is 1.20. The SMILES string of the molecule is CC1CNCCN1CC(=O)Nc1ccc(F)c(F)c1. The molecule has 1 aromatic carbocycles. The zero-order valence-electron chi connectivity index (χ0n) is 10.7. The second-order valence-corrected chi connectivity index (χ2v) is 4.70. The molecular formula is C13H17F2N3O. The molecular weight excluding hydrogens is 252 g/mol. The van der Waals surface area contributed by atoms with Crippen molar-refractivity contribution in [3.8, 4) is 0 Å². The van der Waals surface area contributed by atoms with E-state index >= 15 is 0 Å². The first kappa shape index (κ1) is 13.9. The van der Waals surface area contributed by atoms with E-state index in [-0.39, 0.29) is 24.2 Å². The predicted molar refractivity (Wildman–Crippen MR) is 68.9 cm³/mol. The minimum Gasteiger partial charge on any atom is -0.325 e. The van der Waals surface area contributed by atoms with Gasteiger partial charge in [-0.3, -0.25) is 9.69 Å². The van der Waals surface area contributed by atoms with E-state index in [2.05, 4.69) is 10.6 Å². The topological polar surface area (TPSA) is 44.4 Å². The monoisotopic (exact) mass is 269 g/mol. The number of halogens is 2. The van der Waals surface area contributed by atoms with Crippen molar-refractivity contribution in [2.24, 2.45) is 0 Å². The smallest absolute Gasteiger partial charge is 0.238 e. The summed E-state index contributed by atoms with van der Waals surface area (Å²) >= 11 is 0. The van der Waals surface area contributed by atoms with Gasteiger partial charge in [0.2, 0.25) is 5.91 Å². The van der Waals surface area contributed by atoms with Crippen molar-refractivity contribution in [1.82, 2.24) is 10.2 Å². The van der Waals surface area contributed by atoms with Crippen molar-refractivity contribution in [1.29, 1.82) is 0 Å². The number of carbonyl (C=O) groups is 1. The van der Waals surface area contributed by atoms with Crippen molar-refractivity contribution in [2.75, 3.05) is 31.5 Å². The molecule has 19 heavy (non-hydrogen) atoms. The zero-order valence-corrected chi connectivity index (χ0v) is 10.7. The molecule has 0 bridgehead atoms. The molecule has 0 aliphatic carbocycles. The summed E-state index contributed by atoms with van der Waals surface area (Å²) in [6, 6.07) is 3.61. The average Bonchev–Trinajstić information content (AvgIpc) is 2.37. The van der Waals surface area contributed by atoms with E-state index in [1.165, 1.54) is 6.07 Å². The number of benzene rings is 1. The van der Waals surface area contributed by atoms with E-state index in [1.807, 2.05) is 11.8 Å². The normalized spacial score (nSPS) is 20.3. The fourth-order valence-electron chi connectivity index (χ4n) is 2.08. The van der Waals surface area contributed by atoms with Gasteiger partial charge in [-0.25, -0.2) is 8.78 Å². The van der Waals surface area contributed by atoms with E-state index in [1.54, 1.807) is 0 Å². The minimum absolute atomic E-state index is 0.222. The van der Waals surface area contributed by atoms with Crippen LogP contribution in [0.25, 0.3) is 0 Å². The average molecular weight is 269 g/mol. The Morgan fingerprint density at radius 2 is 2.26 bits per heavy atom. The molecule has 6 heteroatoms. The lowest BCUT2D eigenvalue weighted by Crippen LogP contribution is -2.51. The number of hydrogen-bond acceptors (Lipinski definition) is 3. The molecule has 1 saturated heterocycles. The van der Waals surface area contributed by atoms with Crippen LogP contribution in [0.3, 0.4) is 0 Å². The quantitative estimate of drug-likeness (QED) is 0.866. The number of hydrogen-bond donors (Lipinski definition) is 2. The Morgan fingerprint density at radius 3 is 2.95 bits per heavy atom. The largest absolute Gasteiger partial charge is 0.325 e. The van der Waals surface area contributed by atoms with Crippen LogP contribution in [0.4, 0.5) is 14.5 Å². The number of carbonyl (C=O) groups excluding carboxylic acids is 1. The highest BCUT2D eigenvalue weighted by Gasteiger charge is 2.20. The van der Waals surface area contributed by atoms with Gasteiger partial charge >= 0.3 is 0 Å². The summed E-state index contributed by atoms with van der Waals surface area (Å²) in [6.45, 7) is 4.78. The van der Waals surface area contributed by atoms with Crippen molar-refractivity contribution < 1.29 is 13.6 Å². The maximum Gasteiger partial charge on any atom is 0.238 e. The minimum atomic E-state index is -0.964. The molecule has 0 radical (unpaired) electrons. The lowest BCUT2D eigenvalue weighted by molar-refractivity contribution is -0.118. The Morgan fingerprint density at radius 1 is 1.47 bits per heavy atom. The van der Waals surface area contributed by atoms with Crippen LogP contribution in [0.2, 0.25) is 0 Å². The second-order valence-electron chi connectivity index (χ2n) is 4.70. The van der Waals surface area contributed by atoms with Gasteiger partial charge in [0.15, 0.2) is 11.6 Å². The first-order valence-corrected chi connectivity index (χ1v) is 6.26. The van der Waals surface area contributed by atoms with Gasteiger partial charge in [-0.1, -0.05) is 0 Å². The number of piperazine rings is 1. The summed E-state index contributed by atoms with van der Waals surface area (Å²) in [5.74, 6) is -2.11. The lowest BCUT2D eigenvalue weighted by atomic mass is 10.2. The summed E-state index contributed by atoms with van der Waals surface area (Å²) in [6.07, 6.45) is 0. The van der Waals surface area contributed by atoms with Gasteiger partial charge in [0.25, 0.3) is 0 Å². The van der Waals surface area contributed by atoms with E-state index in [0.717, 1.165) is 31.8 Å². The highest BCUT2D eigenvalue weighted by Crippen LogP contribution is 2.13. The molecule has 4 nitrogen and oxygen atoms in total. The van der Waals surface area contributed by atoms with Crippen LogP contribution in [-0.2, 0) is 4.79 Å². The Hall–Kier alpha value is -1.53. The van der Waals surface area contributed by atoms with Crippen molar-refractivity contribution in [3.63, 3.8) is 0 Å². The van der Waals surface area contributed by atoms with E-state index < -0.39 is 11.6 Å². The van der Waals surface area contributed by atoms with Gasteiger partial charge < -0.3 is 10.6 Å². The number of anilines is 1. The van der Waals surface area contributed by atoms with Gasteiger partial charge in [-0.2, -0.15) is 0 Å². The van der Waals surface area contributed by atoms with Crippen molar-refractivity contribution in [3.05, 3.63) is 29.8 Å². The molecule has 0 spiro atoms. The Kier molecular flexibility index (Phi) is 4.44. The van der Waals surface area contributed by atoms with Crippen LogP contribution in [-0.4, -0.2) is 43.0 Å². The van der Waals surface area contributed by atoms with Gasteiger partial charge in [0.1, 0.15) is 0 Å². The van der Waals surface area contributed by atoms with Gasteiger partial charge in [-0.15, -0.1) is 0 Å². The molecule has 1 amide bonds. The molecule has 1 aromatic rings. The molecule has 1 atom stereocenters. The molecule has 1 aliphatic rings. The van der Waals surface area contributed by atoms with Gasteiger partial charge in [-0.05, 0) is 19.1 Å². The Balaban J connectivity index is 1.91. The van der Waals surface area contributed by atoms with Gasteiger partial charge in [0, 0.05) is 37.4 Å². The summed E-state index contributed by atoms with van der Waals surface area (Å²) < 4.78 is 25.8. The highest BCUT2D eigenvalue weighted by atomic mass is 19.2. The third kappa shape index (κ3) is 3.71. The standard InChI is InChI=1S/C13H17F2N3O/c1-9-7-16-4-5-18(9)8-13(19)17-10-2-3-11(14)12(15)6-10/h2-3,6,9,16H,4-5,7-8H2,1H3,(H,17,19). The Bertz CT molecular complexity index is 467. The number of rotatable bonds is 3.